The van der Waals surface area contributed by atoms with E-state index in [0.29, 0.717) is 11.8 Å². The molecule has 0 spiro atoms. The van der Waals surface area contributed by atoms with E-state index < -0.39 is 0 Å². The summed E-state index contributed by atoms with van der Waals surface area (Å²) in [6.07, 6.45) is 4.16. The highest BCUT2D eigenvalue weighted by Gasteiger charge is 2.26. The third-order valence-corrected chi connectivity index (χ3v) is 13.2. The van der Waals surface area contributed by atoms with Crippen LogP contribution < -0.4 is 4.90 Å². The molecule has 0 aliphatic rings. The lowest BCUT2D eigenvalue weighted by atomic mass is 9.85. The lowest BCUT2D eigenvalue weighted by molar-refractivity contribution is 0.838. The molecule has 0 unspecified atom stereocenters. The average molecular weight is 855 g/mol. The number of benzene rings is 8. The van der Waals surface area contributed by atoms with Crippen LogP contribution >= 0.6 is 0 Å². The minimum atomic E-state index is 0.370. The molecule has 0 bridgehead atoms. The first kappa shape index (κ1) is 40.7. The molecule has 0 atom stereocenters. The predicted molar refractivity (Wildman–Crippen MR) is 278 cm³/mol. The van der Waals surface area contributed by atoms with E-state index in [1.807, 2.05) is 6.20 Å². The van der Waals surface area contributed by atoms with E-state index in [2.05, 4.69) is 260 Å². The number of pyridine rings is 1. The summed E-state index contributed by atoms with van der Waals surface area (Å²) in [6, 6.07) is 72.8. The summed E-state index contributed by atoms with van der Waals surface area (Å²) in [6.45, 7) is 9.17. The lowest BCUT2D eigenvalue weighted by Gasteiger charge is -2.30. The van der Waals surface area contributed by atoms with Gasteiger partial charge in [0, 0.05) is 65.1 Å². The smallest absolute Gasteiger partial charge is 0.191 e. The Morgan fingerprint density at radius 3 is 1.73 bits per heavy atom. The van der Waals surface area contributed by atoms with Gasteiger partial charge < -0.3 is 4.90 Å². The number of nitrogens with zero attached hydrogens (tertiary/aromatic N) is 5. The molecule has 8 aromatic carbocycles. The Kier molecular flexibility index (Phi) is 10.4. The van der Waals surface area contributed by atoms with Gasteiger partial charge in [-0.1, -0.05) is 149 Å². The SMILES string of the molecule is CC(C)c1cccc(C(C)C)c1-c1ccnc(-n2c3ccccc3c3ccc(N(c4cccc(-n5[cH+]n(C)c6ccccc65)c4)c4c(-c5ccccc5)cccc4-c4ccccc4)cc32)c1. The van der Waals surface area contributed by atoms with Crippen LogP contribution in [-0.4, -0.2) is 18.7 Å². The van der Waals surface area contributed by atoms with Gasteiger partial charge in [0.15, 0.2) is 17.4 Å². The second-order valence-corrected chi connectivity index (χ2v) is 18.0. The number of hydrogen-bond donors (Lipinski definition) is 0. The van der Waals surface area contributed by atoms with Crippen molar-refractivity contribution in [1.29, 1.82) is 0 Å². The molecule has 0 fully saturated rings. The third-order valence-electron chi connectivity index (χ3n) is 13.2. The Morgan fingerprint density at radius 1 is 0.470 bits per heavy atom. The zero-order valence-electron chi connectivity index (χ0n) is 38.1. The summed E-state index contributed by atoms with van der Waals surface area (Å²) in [5, 5.41) is 2.36. The van der Waals surface area contributed by atoms with Crippen molar-refractivity contribution in [2.45, 2.75) is 39.5 Å². The number of anilines is 3. The van der Waals surface area contributed by atoms with Crippen LogP contribution in [0.5, 0.6) is 0 Å². The van der Waals surface area contributed by atoms with Crippen molar-refractivity contribution >= 4 is 49.9 Å². The molecular formula is C61H52N5+. The van der Waals surface area contributed by atoms with Crippen molar-refractivity contribution in [2.75, 3.05) is 4.90 Å². The second kappa shape index (κ2) is 16.8. The number of hydrogen-bond acceptors (Lipinski definition) is 2. The van der Waals surface area contributed by atoms with E-state index in [0.717, 1.165) is 67.4 Å². The molecular weight excluding hydrogens is 803 g/mol. The maximum Gasteiger partial charge on any atom is 0.191 e. The van der Waals surface area contributed by atoms with Crippen LogP contribution in [0, 0.1) is 0 Å². The van der Waals surface area contributed by atoms with Gasteiger partial charge in [0.25, 0.3) is 0 Å². The number of rotatable bonds is 10. The summed E-state index contributed by atoms with van der Waals surface area (Å²) < 4.78 is 6.85. The third kappa shape index (κ3) is 7.05. The van der Waals surface area contributed by atoms with Crippen molar-refractivity contribution in [3.05, 3.63) is 224 Å². The fraction of sp³-hybridized carbons (Fsp3) is 0.115. The molecule has 3 aromatic heterocycles. The van der Waals surface area contributed by atoms with E-state index in [4.69, 9.17) is 4.98 Å². The first-order chi connectivity index (χ1) is 32.3. The van der Waals surface area contributed by atoms with Gasteiger partial charge in [0.2, 0.25) is 0 Å². The monoisotopic (exact) mass is 854 g/mol. The molecule has 0 aliphatic heterocycles. The van der Waals surface area contributed by atoms with Gasteiger partial charge in [-0.15, -0.1) is 0 Å². The minimum Gasteiger partial charge on any atom is -0.308 e. The van der Waals surface area contributed by atoms with Crippen molar-refractivity contribution in [2.24, 2.45) is 7.05 Å². The highest BCUT2D eigenvalue weighted by atomic mass is 15.2. The minimum absolute atomic E-state index is 0.370. The highest BCUT2D eigenvalue weighted by Crippen LogP contribution is 2.48. The summed E-state index contributed by atoms with van der Waals surface area (Å²) >= 11 is 0. The van der Waals surface area contributed by atoms with Crippen LogP contribution in [0.15, 0.2) is 213 Å². The lowest BCUT2D eigenvalue weighted by Crippen LogP contribution is -2.13. The largest absolute Gasteiger partial charge is 0.308 e. The molecule has 11 aromatic rings. The van der Waals surface area contributed by atoms with E-state index in [1.165, 1.54) is 38.5 Å². The molecule has 320 valence electrons. The van der Waals surface area contributed by atoms with Crippen LogP contribution in [0.2, 0.25) is 0 Å². The average Bonchev–Trinajstić information content (AvgIpc) is 3.88. The van der Waals surface area contributed by atoms with Crippen molar-refractivity contribution in [3.63, 3.8) is 0 Å². The molecule has 0 amide bonds. The van der Waals surface area contributed by atoms with E-state index in [-0.39, 0.29) is 0 Å². The molecule has 0 N–H and O–H groups in total. The Balaban J connectivity index is 1.20. The predicted octanol–water partition coefficient (Wildman–Crippen LogP) is 16.5. The Hall–Kier alpha value is -8.02. The van der Waals surface area contributed by atoms with Gasteiger partial charge in [0.05, 0.1) is 22.4 Å². The molecule has 11 rings (SSSR count). The van der Waals surface area contributed by atoms with Crippen LogP contribution in [-0.2, 0) is 7.05 Å². The number of para-hydroxylation sites is 4. The van der Waals surface area contributed by atoms with Crippen LogP contribution in [0.3, 0.4) is 0 Å². The Labute approximate surface area is 387 Å². The first-order valence-electron chi connectivity index (χ1n) is 23.1. The van der Waals surface area contributed by atoms with Crippen LogP contribution in [0.1, 0.15) is 50.7 Å². The molecule has 3 heterocycles. The molecule has 0 aliphatic carbocycles. The van der Waals surface area contributed by atoms with Crippen molar-refractivity contribution in [1.82, 2.24) is 18.7 Å². The number of fused-ring (bicyclic) bond motifs is 4. The fourth-order valence-electron chi connectivity index (χ4n) is 10.1. The quantitative estimate of drug-likeness (QED) is 0.128. The Bertz CT molecular complexity index is 3480. The van der Waals surface area contributed by atoms with E-state index in [1.54, 1.807) is 0 Å². The molecule has 0 saturated heterocycles. The highest BCUT2D eigenvalue weighted by molar-refractivity contribution is 6.11. The zero-order valence-corrected chi connectivity index (χ0v) is 38.1. The van der Waals surface area contributed by atoms with Crippen LogP contribution in [0.25, 0.3) is 77.7 Å². The molecule has 5 heteroatoms. The van der Waals surface area contributed by atoms with Gasteiger partial charge in [-0.05, 0) is 99.8 Å². The topological polar surface area (TPSA) is 30.9 Å². The molecule has 0 radical (unpaired) electrons. The summed E-state index contributed by atoms with van der Waals surface area (Å²) in [7, 11) is 2.11. The fourth-order valence-corrected chi connectivity index (χ4v) is 10.1. The number of imidazole rings is 1. The Morgan fingerprint density at radius 2 is 1.05 bits per heavy atom. The van der Waals surface area contributed by atoms with Crippen molar-refractivity contribution in [3.8, 4) is 44.9 Å². The summed E-state index contributed by atoms with van der Waals surface area (Å²) in [5.41, 5.74) is 18.6. The van der Waals surface area contributed by atoms with Gasteiger partial charge in [-0.25, -0.2) is 9.55 Å². The van der Waals surface area contributed by atoms with Gasteiger partial charge in [0.1, 0.15) is 11.5 Å². The standard InChI is InChI=1S/C61H52N5/c1-41(2)49-26-17-27-50(42(3)4)60(49)45-35-36-62-59(37-45)66-55-30-13-12-25-53(55)54-34-33-48(39-58(54)66)65(47-24-16-23-46(38-47)64-40-63(5)56-31-14-15-32-57(56)64)61-51(43-19-8-6-9-20-43)28-18-29-52(61)44-21-10-7-11-22-44/h6-42H,1-5H3/q+1. The summed E-state index contributed by atoms with van der Waals surface area (Å²) in [5.74, 6) is 1.63. The molecule has 66 heavy (non-hydrogen) atoms. The molecule has 5 nitrogen and oxygen atoms in total. The normalized spacial score (nSPS) is 11.7. The second-order valence-electron chi connectivity index (χ2n) is 18.0. The van der Waals surface area contributed by atoms with Gasteiger partial charge >= 0.3 is 0 Å². The zero-order chi connectivity index (χ0) is 44.9. The summed E-state index contributed by atoms with van der Waals surface area (Å²) in [4.78, 5) is 7.64. The number of aryl methyl sites for hydroxylation is 1. The van der Waals surface area contributed by atoms with Crippen molar-refractivity contribution < 1.29 is 0 Å². The van der Waals surface area contributed by atoms with E-state index in [9.17, 15) is 0 Å². The maximum atomic E-state index is 5.17. The van der Waals surface area contributed by atoms with Gasteiger partial charge in [-0.3, -0.25) is 4.57 Å². The van der Waals surface area contributed by atoms with Crippen LogP contribution in [0.4, 0.5) is 17.1 Å². The number of aromatic nitrogens is 4. The van der Waals surface area contributed by atoms with E-state index >= 15 is 0 Å². The first-order valence-corrected chi connectivity index (χ1v) is 23.1. The molecule has 0 saturated carbocycles. The maximum absolute atomic E-state index is 5.17. The van der Waals surface area contributed by atoms with Gasteiger partial charge in [-0.2, -0.15) is 4.57 Å².